The van der Waals surface area contributed by atoms with Crippen molar-refractivity contribution in [2.75, 3.05) is 13.2 Å². The lowest BCUT2D eigenvalue weighted by Gasteiger charge is -2.43. The van der Waals surface area contributed by atoms with E-state index in [0.29, 0.717) is 19.8 Å². The van der Waals surface area contributed by atoms with Crippen molar-refractivity contribution < 1.29 is 9.16 Å². The molecule has 202 valence electrons. The van der Waals surface area contributed by atoms with Crippen LogP contribution in [0.15, 0.2) is 83.3 Å². The molecule has 3 aromatic carbocycles. The smallest absolute Gasteiger partial charge is 0.261 e. The van der Waals surface area contributed by atoms with Gasteiger partial charge in [0.05, 0.1) is 19.3 Å². The standard InChI is InChI=1S/C33H37BrN2O2Si/c1-24(19-36-29-18-25(34)16-17-28(29)31-30(36)21-37-23-33(31,5)22-35)20-38-39(32(2,3)4,26-12-8-6-9-13-26)27-14-10-7-11-15-27/h6-18,24H,19-21,23H2,1-5H3/t24-,33?/m0/s1. The first-order chi connectivity index (χ1) is 18.6. The first-order valence-corrected chi connectivity index (χ1v) is 16.4. The van der Waals surface area contributed by atoms with Gasteiger partial charge in [-0.05, 0) is 40.4 Å². The Morgan fingerprint density at radius 2 is 1.67 bits per heavy atom. The number of hydrogen-bond donors (Lipinski definition) is 0. The molecule has 1 aliphatic heterocycles. The molecule has 0 saturated carbocycles. The fraction of sp³-hybridized carbons (Fsp3) is 0.364. The third-order valence-corrected chi connectivity index (χ3v) is 13.6. The predicted octanol–water partition coefficient (Wildman–Crippen LogP) is 6.93. The number of rotatable bonds is 7. The van der Waals surface area contributed by atoms with Gasteiger partial charge < -0.3 is 13.7 Å². The van der Waals surface area contributed by atoms with Gasteiger partial charge >= 0.3 is 0 Å². The second-order valence-electron chi connectivity index (χ2n) is 12.1. The second kappa shape index (κ2) is 10.7. The number of aromatic nitrogens is 1. The van der Waals surface area contributed by atoms with E-state index >= 15 is 0 Å². The summed E-state index contributed by atoms with van der Waals surface area (Å²) in [5.74, 6) is 0.237. The van der Waals surface area contributed by atoms with Crippen molar-refractivity contribution in [3.05, 3.63) is 94.6 Å². The molecule has 1 aromatic heterocycles. The molecule has 0 fully saturated rings. The molecule has 0 bridgehead atoms. The molecule has 5 rings (SSSR count). The summed E-state index contributed by atoms with van der Waals surface area (Å²) in [5, 5.41) is 13.8. The van der Waals surface area contributed by atoms with Crippen molar-refractivity contribution in [2.24, 2.45) is 5.92 Å². The molecule has 0 spiro atoms. The average molecular weight is 602 g/mol. The SMILES string of the molecule is C[C@H](CO[Si](c1ccccc1)(c1ccccc1)C(C)(C)C)Cn1c2c(c3ccc(Br)cc31)C(C)(C#N)COC2. The van der Waals surface area contributed by atoms with Crippen molar-refractivity contribution in [1.82, 2.24) is 4.57 Å². The normalized spacial score (nSPS) is 18.5. The van der Waals surface area contributed by atoms with Gasteiger partial charge in [0.15, 0.2) is 0 Å². The van der Waals surface area contributed by atoms with Crippen molar-refractivity contribution in [3.63, 3.8) is 0 Å². The summed E-state index contributed by atoms with van der Waals surface area (Å²) in [7, 11) is -2.62. The lowest BCUT2D eigenvalue weighted by Crippen LogP contribution is -2.66. The monoisotopic (exact) mass is 600 g/mol. The first kappa shape index (κ1) is 27.9. The maximum Gasteiger partial charge on any atom is 0.261 e. The molecule has 0 saturated heterocycles. The molecule has 0 N–H and O–H groups in total. The zero-order valence-electron chi connectivity index (χ0n) is 23.5. The molecule has 2 heterocycles. The van der Waals surface area contributed by atoms with Crippen LogP contribution in [-0.4, -0.2) is 26.1 Å². The van der Waals surface area contributed by atoms with Crippen LogP contribution >= 0.6 is 15.9 Å². The first-order valence-electron chi connectivity index (χ1n) is 13.7. The van der Waals surface area contributed by atoms with E-state index in [2.05, 4.69) is 133 Å². The molecule has 4 nitrogen and oxygen atoms in total. The Bertz CT molecular complexity index is 1460. The zero-order chi connectivity index (χ0) is 27.8. The Hall–Kier alpha value is -2.69. The summed E-state index contributed by atoms with van der Waals surface area (Å²) in [5.41, 5.74) is 2.69. The molecule has 2 atom stereocenters. The molecule has 39 heavy (non-hydrogen) atoms. The maximum atomic E-state index is 10.1. The Balaban J connectivity index is 1.53. The van der Waals surface area contributed by atoms with Crippen molar-refractivity contribution in [1.29, 1.82) is 5.26 Å². The third-order valence-electron chi connectivity index (χ3n) is 8.06. The van der Waals surface area contributed by atoms with E-state index in [-0.39, 0.29) is 11.0 Å². The van der Waals surface area contributed by atoms with Gasteiger partial charge in [-0.3, -0.25) is 0 Å². The van der Waals surface area contributed by atoms with Gasteiger partial charge in [0.2, 0.25) is 0 Å². The highest BCUT2D eigenvalue weighted by Crippen LogP contribution is 2.41. The second-order valence-corrected chi connectivity index (χ2v) is 17.3. The van der Waals surface area contributed by atoms with Crippen LogP contribution in [-0.2, 0) is 27.7 Å². The number of nitrogens with zero attached hydrogens (tertiary/aromatic N) is 2. The zero-order valence-corrected chi connectivity index (χ0v) is 26.1. The molecule has 0 aliphatic carbocycles. The van der Waals surface area contributed by atoms with Gasteiger partial charge in [0.25, 0.3) is 8.32 Å². The number of ether oxygens (including phenoxy) is 1. The molecule has 1 unspecified atom stereocenters. The molecule has 0 radical (unpaired) electrons. The Morgan fingerprint density at radius 3 is 2.23 bits per heavy atom. The van der Waals surface area contributed by atoms with Crippen LogP contribution in [0, 0.1) is 17.2 Å². The largest absolute Gasteiger partial charge is 0.407 e. The van der Waals surface area contributed by atoms with Crippen LogP contribution in [0.1, 0.15) is 45.9 Å². The number of nitriles is 1. The van der Waals surface area contributed by atoms with Crippen LogP contribution in [0.25, 0.3) is 10.9 Å². The molecule has 6 heteroatoms. The fourth-order valence-corrected chi connectivity index (χ4v) is 11.3. The maximum absolute atomic E-state index is 10.1. The quantitative estimate of drug-likeness (QED) is 0.216. The fourth-order valence-electron chi connectivity index (χ4n) is 6.26. The summed E-state index contributed by atoms with van der Waals surface area (Å²) in [4.78, 5) is 0. The minimum atomic E-state index is -2.62. The van der Waals surface area contributed by atoms with Crippen LogP contribution in [0.3, 0.4) is 0 Å². The van der Waals surface area contributed by atoms with Crippen molar-refractivity contribution in [2.45, 2.75) is 58.2 Å². The lowest BCUT2D eigenvalue weighted by atomic mass is 9.81. The van der Waals surface area contributed by atoms with E-state index in [1.165, 1.54) is 10.4 Å². The van der Waals surface area contributed by atoms with Crippen LogP contribution in [0.4, 0.5) is 0 Å². The minimum absolute atomic E-state index is 0.0674. The Kier molecular flexibility index (Phi) is 7.65. The number of hydrogen-bond acceptors (Lipinski definition) is 3. The molecule has 0 amide bonds. The molecular formula is C33H37BrN2O2Si. The molecule has 4 aromatic rings. The summed E-state index contributed by atoms with van der Waals surface area (Å²) < 4.78 is 16.6. The van der Waals surface area contributed by atoms with Gasteiger partial charge in [0.1, 0.15) is 5.41 Å². The third kappa shape index (κ3) is 4.91. The molecule has 1 aliphatic rings. The minimum Gasteiger partial charge on any atom is -0.407 e. The van der Waals surface area contributed by atoms with Crippen molar-refractivity contribution >= 4 is 45.5 Å². The summed E-state index contributed by atoms with van der Waals surface area (Å²) in [6.45, 7) is 13.6. The highest BCUT2D eigenvalue weighted by Gasteiger charge is 2.50. The number of halogens is 1. The van der Waals surface area contributed by atoms with E-state index in [1.54, 1.807) is 0 Å². The van der Waals surface area contributed by atoms with Gasteiger partial charge in [-0.25, -0.2) is 0 Å². The highest BCUT2D eigenvalue weighted by molar-refractivity contribution is 9.10. The van der Waals surface area contributed by atoms with E-state index in [4.69, 9.17) is 9.16 Å². The summed E-state index contributed by atoms with van der Waals surface area (Å²) in [6, 6.07) is 30.5. The van der Waals surface area contributed by atoms with E-state index in [9.17, 15) is 5.26 Å². The summed E-state index contributed by atoms with van der Waals surface area (Å²) >= 11 is 3.67. The van der Waals surface area contributed by atoms with Crippen LogP contribution in [0.5, 0.6) is 0 Å². The van der Waals surface area contributed by atoms with Gasteiger partial charge in [-0.1, -0.05) is 110 Å². The van der Waals surface area contributed by atoms with Gasteiger partial charge in [0, 0.05) is 39.8 Å². The van der Waals surface area contributed by atoms with Gasteiger partial charge in [-0.2, -0.15) is 5.26 Å². The number of fused-ring (bicyclic) bond motifs is 3. The van der Waals surface area contributed by atoms with Crippen LogP contribution < -0.4 is 10.4 Å². The van der Waals surface area contributed by atoms with Crippen molar-refractivity contribution in [3.8, 4) is 6.07 Å². The number of benzene rings is 3. The topological polar surface area (TPSA) is 47.2 Å². The Morgan fingerprint density at radius 1 is 1.05 bits per heavy atom. The van der Waals surface area contributed by atoms with E-state index in [1.807, 2.05) is 6.92 Å². The van der Waals surface area contributed by atoms with E-state index in [0.717, 1.165) is 33.2 Å². The Labute approximate surface area is 241 Å². The molecular weight excluding hydrogens is 564 g/mol. The summed E-state index contributed by atoms with van der Waals surface area (Å²) in [6.07, 6.45) is 0. The van der Waals surface area contributed by atoms with Gasteiger partial charge in [-0.15, -0.1) is 0 Å². The predicted molar refractivity (Wildman–Crippen MR) is 165 cm³/mol. The van der Waals surface area contributed by atoms with Crippen LogP contribution in [0.2, 0.25) is 5.04 Å². The van der Waals surface area contributed by atoms with E-state index < -0.39 is 13.7 Å². The average Bonchev–Trinajstić information content (AvgIpc) is 3.23. The highest BCUT2D eigenvalue weighted by atomic mass is 79.9. The lowest BCUT2D eigenvalue weighted by molar-refractivity contribution is 0.0709.